The Morgan fingerprint density at radius 1 is 1.27 bits per heavy atom. The molecule has 0 spiro atoms. The molecule has 0 amide bonds. The molecule has 0 radical (unpaired) electrons. The molecule has 1 atom stereocenters. The van der Waals surface area contributed by atoms with Gasteiger partial charge in [-0.05, 0) is 26.0 Å². The zero-order chi connectivity index (χ0) is 12.1. The van der Waals surface area contributed by atoms with Gasteiger partial charge >= 0.3 is 6.18 Å². The van der Waals surface area contributed by atoms with E-state index in [-0.39, 0.29) is 5.76 Å². The smallest absolute Gasteiger partial charge is 0.398 e. The fourth-order valence-corrected chi connectivity index (χ4v) is 0.847. The van der Waals surface area contributed by atoms with Crippen molar-refractivity contribution in [3.8, 4) is 0 Å². The molecule has 4 heteroatoms. The number of rotatable bonds is 1. The Hall–Kier alpha value is -0.930. The summed E-state index contributed by atoms with van der Waals surface area (Å²) in [7, 11) is 0. The predicted molar refractivity (Wildman–Crippen MR) is 53.9 cm³/mol. The minimum absolute atomic E-state index is 0.0278. The van der Waals surface area contributed by atoms with Crippen LogP contribution in [0.15, 0.2) is 16.5 Å². The first-order chi connectivity index (χ1) is 6.82. The van der Waals surface area contributed by atoms with E-state index >= 15 is 0 Å². The fourth-order valence-electron chi connectivity index (χ4n) is 0.847. The third-order valence-corrected chi connectivity index (χ3v) is 1.68. The number of hydrogen-bond donors (Lipinski definition) is 0. The van der Waals surface area contributed by atoms with Gasteiger partial charge in [-0.25, -0.2) is 0 Å². The quantitative estimate of drug-likeness (QED) is 0.673. The molecule has 0 aromatic carbocycles. The highest BCUT2D eigenvalue weighted by Gasteiger charge is 2.38. The average molecular weight is 222 g/mol. The molecular formula is C11H17F3O. The van der Waals surface area contributed by atoms with Gasteiger partial charge in [0.15, 0.2) is 0 Å². The fraction of sp³-hybridized carbons (Fsp3) is 0.636. The van der Waals surface area contributed by atoms with Crippen LogP contribution in [0, 0.1) is 6.92 Å². The van der Waals surface area contributed by atoms with Gasteiger partial charge in [-0.2, -0.15) is 13.2 Å². The Balaban J connectivity index is 0.000000583. The van der Waals surface area contributed by atoms with E-state index in [9.17, 15) is 13.2 Å². The van der Waals surface area contributed by atoms with Crippen LogP contribution in [0.25, 0.3) is 0 Å². The third kappa shape index (κ3) is 4.91. The summed E-state index contributed by atoms with van der Waals surface area (Å²) in [5, 5.41) is 0. The molecule has 15 heavy (non-hydrogen) atoms. The summed E-state index contributed by atoms with van der Waals surface area (Å²) < 4.78 is 41.1. The topological polar surface area (TPSA) is 13.1 Å². The first-order valence-corrected chi connectivity index (χ1v) is 4.95. The number of halogens is 3. The monoisotopic (exact) mass is 222 g/mol. The van der Waals surface area contributed by atoms with E-state index in [1.54, 1.807) is 6.92 Å². The lowest BCUT2D eigenvalue weighted by Gasteiger charge is -2.12. The van der Waals surface area contributed by atoms with Gasteiger partial charge in [0.2, 0.25) is 0 Å². The van der Waals surface area contributed by atoms with Gasteiger partial charge in [-0.1, -0.05) is 20.3 Å². The van der Waals surface area contributed by atoms with Crippen molar-refractivity contribution in [3.05, 3.63) is 23.7 Å². The molecule has 1 rings (SSSR count). The van der Waals surface area contributed by atoms with Gasteiger partial charge in [-0.3, -0.25) is 0 Å². The highest BCUT2D eigenvalue weighted by atomic mass is 19.4. The number of alkyl halides is 3. The molecule has 0 aliphatic heterocycles. The van der Waals surface area contributed by atoms with E-state index in [1.165, 1.54) is 18.6 Å². The molecule has 1 heterocycles. The van der Waals surface area contributed by atoms with Crippen LogP contribution in [0.5, 0.6) is 0 Å². The van der Waals surface area contributed by atoms with E-state index in [4.69, 9.17) is 4.42 Å². The first kappa shape index (κ1) is 14.1. The van der Waals surface area contributed by atoms with Crippen molar-refractivity contribution in [2.24, 2.45) is 0 Å². The molecule has 0 saturated heterocycles. The summed E-state index contributed by atoms with van der Waals surface area (Å²) in [5.41, 5.74) is 0. The van der Waals surface area contributed by atoms with Crippen molar-refractivity contribution in [1.29, 1.82) is 0 Å². The molecule has 1 aromatic heterocycles. The molecule has 0 fully saturated rings. The minimum Gasteiger partial charge on any atom is -0.466 e. The van der Waals surface area contributed by atoms with Crippen molar-refractivity contribution < 1.29 is 17.6 Å². The van der Waals surface area contributed by atoms with E-state index < -0.39 is 12.1 Å². The van der Waals surface area contributed by atoms with Crippen LogP contribution in [0.4, 0.5) is 13.2 Å². The second-order valence-corrected chi connectivity index (χ2v) is 3.42. The maximum Gasteiger partial charge on any atom is 0.398 e. The largest absolute Gasteiger partial charge is 0.466 e. The number of furan rings is 1. The van der Waals surface area contributed by atoms with Crippen molar-refractivity contribution in [1.82, 2.24) is 0 Å². The van der Waals surface area contributed by atoms with Crippen LogP contribution in [-0.4, -0.2) is 6.18 Å². The Morgan fingerprint density at radius 2 is 1.73 bits per heavy atom. The second kappa shape index (κ2) is 5.83. The van der Waals surface area contributed by atoms with E-state index in [0.29, 0.717) is 5.76 Å². The lowest BCUT2D eigenvalue weighted by molar-refractivity contribution is -0.149. The van der Waals surface area contributed by atoms with Gasteiger partial charge in [0.05, 0.1) is 0 Å². The summed E-state index contributed by atoms with van der Waals surface area (Å²) in [4.78, 5) is 0. The van der Waals surface area contributed by atoms with E-state index in [0.717, 1.165) is 6.92 Å². The average Bonchev–Trinajstić information content (AvgIpc) is 2.50. The molecular weight excluding hydrogens is 205 g/mol. The summed E-state index contributed by atoms with van der Waals surface area (Å²) in [6.45, 7) is 6.95. The van der Waals surface area contributed by atoms with Crippen LogP contribution < -0.4 is 0 Å². The molecule has 0 bridgehead atoms. The maximum absolute atomic E-state index is 12.1. The second-order valence-electron chi connectivity index (χ2n) is 3.42. The molecule has 0 aliphatic rings. The maximum atomic E-state index is 12.1. The van der Waals surface area contributed by atoms with Gasteiger partial charge in [0, 0.05) is 0 Å². The normalized spacial score (nSPS) is 13.0. The van der Waals surface area contributed by atoms with Crippen LogP contribution in [-0.2, 0) is 0 Å². The van der Waals surface area contributed by atoms with E-state index in [1.807, 2.05) is 0 Å². The van der Waals surface area contributed by atoms with Crippen LogP contribution in [0.3, 0.4) is 0 Å². The Morgan fingerprint density at radius 3 is 2.00 bits per heavy atom. The van der Waals surface area contributed by atoms with Crippen LogP contribution in [0.2, 0.25) is 0 Å². The van der Waals surface area contributed by atoms with Crippen molar-refractivity contribution >= 4 is 0 Å². The first-order valence-electron chi connectivity index (χ1n) is 4.95. The summed E-state index contributed by atoms with van der Waals surface area (Å²) in [6, 6.07) is 2.88. The summed E-state index contributed by atoms with van der Waals surface area (Å²) >= 11 is 0. The highest BCUT2D eigenvalue weighted by Crippen LogP contribution is 2.34. The molecule has 1 aromatic rings. The highest BCUT2D eigenvalue weighted by molar-refractivity contribution is 5.10. The molecule has 88 valence electrons. The molecule has 1 unspecified atom stereocenters. The number of aryl methyl sites for hydroxylation is 1. The molecule has 0 N–H and O–H groups in total. The summed E-state index contributed by atoms with van der Waals surface area (Å²) in [6.07, 6.45) is -2.97. The van der Waals surface area contributed by atoms with Crippen molar-refractivity contribution in [2.75, 3.05) is 0 Å². The standard InChI is InChI=1S/C8H9F3O.C3H8/c1-5-3-4-7(12-5)6(2)8(9,10)11;1-3-2/h3-4,6H,1-2H3;3H2,1-2H3. The van der Waals surface area contributed by atoms with Crippen molar-refractivity contribution in [2.45, 2.75) is 46.2 Å². The van der Waals surface area contributed by atoms with E-state index in [2.05, 4.69) is 13.8 Å². The predicted octanol–water partition coefficient (Wildman–Crippen LogP) is 4.67. The van der Waals surface area contributed by atoms with Crippen molar-refractivity contribution in [3.63, 3.8) is 0 Å². The SMILES string of the molecule is CCC.Cc1ccc(C(C)C(F)(F)F)o1. The third-order valence-electron chi connectivity index (χ3n) is 1.68. The lowest BCUT2D eigenvalue weighted by atomic mass is 10.1. The Labute approximate surface area is 88.3 Å². The van der Waals surface area contributed by atoms with Crippen LogP contribution >= 0.6 is 0 Å². The Bertz CT molecular complexity index is 276. The Kier molecular flexibility index (Phi) is 5.47. The number of hydrogen-bond acceptors (Lipinski definition) is 1. The van der Waals surface area contributed by atoms with Crippen LogP contribution in [0.1, 0.15) is 44.6 Å². The van der Waals surface area contributed by atoms with Gasteiger partial charge in [-0.15, -0.1) is 0 Å². The van der Waals surface area contributed by atoms with Gasteiger partial charge in [0.1, 0.15) is 17.4 Å². The minimum atomic E-state index is -4.22. The molecule has 1 nitrogen and oxygen atoms in total. The zero-order valence-corrected chi connectivity index (χ0v) is 9.48. The molecule has 0 saturated carbocycles. The van der Waals surface area contributed by atoms with Gasteiger partial charge < -0.3 is 4.42 Å². The summed E-state index contributed by atoms with van der Waals surface area (Å²) in [5.74, 6) is -1.05. The molecule has 0 aliphatic carbocycles. The zero-order valence-electron chi connectivity index (χ0n) is 9.48. The lowest BCUT2D eigenvalue weighted by Crippen LogP contribution is -2.16. The van der Waals surface area contributed by atoms with Gasteiger partial charge in [0.25, 0.3) is 0 Å².